The Morgan fingerprint density at radius 3 is 2.57 bits per heavy atom. The molecule has 1 aromatic rings. The molecule has 0 aliphatic carbocycles. The molecule has 0 heterocycles. The summed E-state index contributed by atoms with van der Waals surface area (Å²) in [4.78, 5) is 33.4. The van der Waals surface area contributed by atoms with Gasteiger partial charge in [0.25, 0.3) is 0 Å². The van der Waals surface area contributed by atoms with Gasteiger partial charge in [0.15, 0.2) is 0 Å². The van der Waals surface area contributed by atoms with Crippen molar-refractivity contribution in [3.8, 4) is 0 Å². The van der Waals surface area contributed by atoms with Gasteiger partial charge in [0.05, 0.1) is 5.02 Å². The van der Waals surface area contributed by atoms with Crippen molar-refractivity contribution < 1.29 is 19.5 Å². The highest BCUT2D eigenvalue weighted by molar-refractivity contribution is 9.10. The van der Waals surface area contributed by atoms with Crippen molar-refractivity contribution in [2.24, 2.45) is 5.73 Å². The number of anilines is 1. The number of nitrogens with one attached hydrogen (secondary N) is 2. The fraction of sp³-hybridized carbons (Fsp3) is 0.250. The van der Waals surface area contributed by atoms with Gasteiger partial charge in [-0.05, 0) is 40.5 Å². The maximum atomic E-state index is 11.7. The fourth-order valence-electron chi connectivity index (χ4n) is 1.44. The van der Waals surface area contributed by atoms with Gasteiger partial charge in [-0.2, -0.15) is 0 Å². The third-order valence-corrected chi connectivity index (χ3v) is 3.67. The van der Waals surface area contributed by atoms with E-state index in [1.54, 1.807) is 18.2 Å². The molecule has 0 saturated carbocycles. The van der Waals surface area contributed by atoms with Gasteiger partial charge < -0.3 is 21.5 Å². The lowest BCUT2D eigenvalue weighted by Gasteiger charge is -2.14. The lowest BCUT2D eigenvalue weighted by atomic mass is 10.1. The maximum Gasteiger partial charge on any atom is 0.326 e. The number of hydrogen-bond donors (Lipinski definition) is 4. The molecule has 1 unspecified atom stereocenters. The Morgan fingerprint density at radius 2 is 2.05 bits per heavy atom. The van der Waals surface area contributed by atoms with E-state index < -0.39 is 23.9 Å². The predicted octanol–water partition coefficient (Wildman–Crippen LogP) is 1.94. The third-order valence-electron chi connectivity index (χ3n) is 2.46. The molecule has 0 aliphatic rings. The van der Waals surface area contributed by atoms with Gasteiger partial charge in [-0.15, -0.1) is 0 Å². The zero-order valence-electron chi connectivity index (χ0n) is 10.7. The number of hydrogen-bond acceptors (Lipinski definition) is 3. The van der Waals surface area contributed by atoms with E-state index in [0.717, 1.165) is 0 Å². The number of carboxylic acids is 1. The van der Waals surface area contributed by atoms with Crippen molar-refractivity contribution >= 4 is 51.1 Å². The van der Waals surface area contributed by atoms with Gasteiger partial charge in [0.1, 0.15) is 6.04 Å². The molecule has 9 heteroatoms. The summed E-state index contributed by atoms with van der Waals surface area (Å²) in [5, 5.41) is 14.2. The lowest BCUT2D eigenvalue weighted by molar-refractivity contribution is -0.139. The number of primary amides is 1. The molecule has 0 fully saturated rings. The first-order valence-electron chi connectivity index (χ1n) is 5.83. The quantitative estimate of drug-likeness (QED) is 0.604. The first-order chi connectivity index (χ1) is 9.79. The molecule has 1 aromatic carbocycles. The zero-order chi connectivity index (χ0) is 16.0. The molecular formula is C12H13BrClN3O4. The van der Waals surface area contributed by atoms with Crippen molar-refractivity contribution in [1.82, 2.24) is 5.32 Å². The molecule has 0 bridgehead atoms. The van der Waals surface area contributed by atoms with Crippen molar-refractivity contribution in [2.75, 3.05) is 5.32 Å². The summed E-state index contributed by atoms with van der Waals surface area (Å²) >= 11 is 9.02. The van der Waals surface area contributed by atoms with Crippen molar-refractivity contribution in [2.45, 2.75) is 18.9 Å². The van der Waals surface area contributed by atoms with E-state index in [9.17, 15) is 14.4 Å². The van der Waals surface area contributed by atoms with Crippen LogP contribution in [-0.4, -0.2) is 29.1 Å². The van der Waals surface area contributed by atoms with E-state index in [4.69, 9.17) is 22.4 Å². The highest BCUT2D eigenvalue weighted by atomic mass is 79.9. The molecular weight excluding hydrogens is 366 g/mol. The minimum absolute atomic E-state index is 0.0810. The summed E-state index contributed by atoms with van der Waals surface area (Å²) in [6.07, 6.45) is -0.216. The highest BCUT2D eigenvalue weighted by Gasteiger charge is 2.20. The van der Waals surface area contributed by atoms with Crippen LogP contribution in [0.5, 0.6) is 0 Å². The van der Waals surface area contributed by atoms with E-state index in [-0.39, 0.29) is 12.8 Å². The Balaban J connectivity index is 2.62. The van der Waals surface area contributed by atoms with Crippen LogP contribution in [0.3, 0.4) is 0 Å². The Hall–Kier alpha value is -1.80. The Bertz CT molecular complexity index is 567. The summed E-state index contributed by atoms with van der Waals surface area (Å²) in [6, 6.07) is 2.80. The molecule has 0 radical (unpaired) electrons. The summed E-state index contributed by atoms with van der Waals surface area (Å²) in [6.45, 7) is 0. The summed E-state index contributed by atoms with van der Waals surface area (Å²) in [5.74, 6) is -1.88. The molecule has 7 nitrogen and oxygen atoms in total. The van der Waals surface area contributed by atoms with Crippen molar-refractivity contribution in [3.05, 3.63) is 27.7 Å². The zero-order valence-corrected chi connectivity index (χ0v) is 13.1. The Morgan fingerprint density at radius 1 is 1.38 bits per heavy atom. The van der Waals surface area contributed by atoms with E-state index in [0.29, 0.717) is 15.2 Å². The number of carboxylic acid groups (broad SMARTS) is 1. The van der Waals surface area contributed by atoms with Gasteiger partial charge in [-0.3, -0.25) is 4.79 Å². The van der Waals surface area contributed by atoms with Crippen molar-refractivity contribution in [1.29, 1.82) is 0 Å². The minimum atomic E-state index is -1.25. The smallest absolute Gasteiger partial charge is 0.326 e. The van der Waals surface area contributed by atoms with E-state index in [1.165, 1.54) is 0 Å². The van der Waals surface area contributed by atoms with Crippen LogP contribution in [0.4, 0.5) is 10.5 Å². The second-order valence-electron chi connectivity index (χ2n) is 4.12. The molecule has 0 aromatic heterocycles. The fourth-order valence-corrected chi connectivity index (χ4v) is 1.94. The van der Waals surface area contributed by atoms with Crippen LogP contribution in [-0.2, 0) is 9.59 Å². The molecule has 1 atom stereocenters. The predicted molar refractivity (Wildman–Crippen MR) is 81.2 cm³/mol. The number of benzene rings is 1. The van der Waals surface area contributed by atoms with E-state index in [1.807, 2.05) is 0 Å². The number of rotatable bonds is 6. The summed E-state index contributed by atoms with van der Waals surface area (Å²) < 4.78 is 0.588. The number of aliphatic carboxylic acids is 1. The third kappa shape index (κ3) is 6.01. The summed E-state index contributed by atoms with van der Waals surface area (Å²) in [5.41, 5.74) is 5.38. The second-order valence-corrected chi connectivity index (χ2v) is 5.38. The van der Waals surface area contributed by atoms with Gasteiger partial charge in [-0.25, -0.2) is 9.59 Å². The van der Waals surface area contributed by atoms with Crippen molar-refractivity contribution in [3.63, 3.8) is 0 Å². The molecule has 5 N–H and O–H groups in total. The van der Waals surface area contributed by atoms with Gasteiger partial charge in [-0.1, -0.05) is 11.6 Å². The van der Waals surface area contributed by atoms with E-state index >= 15 is 0 Å². The highest BCUT2D eigenvalue weighted by Crippen LogP contribution is 2.25. The number of nitrogens with two attached hydrogens (primary N) is 1. The van der Waals surface area contributed by atoms with E-state index in [2.05, 4.69) is 26.6 Å². The molecule has 0 saturated heterocycles. The number of urea groups is 1. The summed E-state index contributed by atoms with van der Waals surface area (Å²) in [7, 11) is 0. The lowest BCUT2D eigenvalue weighted by Crippen LogP contribution is -2.43. The maximum absolute atomic E-state index is 11.7. The molecule has 1 rings (SSSR count). The first kappa shape index (κ1) is 17.3. The van der Waals surface area contributed by atoms with Crippen LogP contribution in [0.2, 0.25) is 5.02 Å². The SMILES string of the molecule is NC(=O)CCC(NC(=O)Nc1ccc(Cl)c(Br)c1)C(=O)O. The topological polar surface area (TPSA) is 122 Å². The Kier molecular flexibility index (Phi) is 6.44. The largest absolute Gasteiger partial charge is 0.480 e. The molecule has 114 valence electrons. The average molecular weight is 379 g/mol. The number of carbonyl (C=O) groups excluding carboxylic acids is 2. The van der Waals surface area contributed by atoms with Gasteiger partial charge in [0.2, 0.25) is 5.91 Å². The molecule has 21 heavy (non-hydrogen) atoms. The molecule has 3 amide bonds. The van der Waals surface area contributed by atoms with Crippen LogP contribution in [0.1, 0.15) is 12.8 Å². The number of amides is 3. The molecule has 0 spiro atoms. The first-order valence-corrected chi connectivity index (χ1v) is 7.00. The molecule has 0 aliphatic heterocycles. The van der Waals surface area contributed by atoms with Crippen LogP contribution in [0.15, 0.2) is 22.7 Å². The van der Waals surface area contributed by atoms with Gasteiger partial charge >= 0.3 is 12.0 Å². The number of halogens is 2. The monoisotopic (exact) mass is 377 g/mol. The normalized spacial score (nSPS) is 11.5. The van der Waals surface area contributed by atoms with Crippen LogP contribution in [0.25, 0.3) is 0 Å². The van der Waals surface area contributed by atoms with Crippen LogP contribution >= 0.6 is 27.5 Å². The van der Waals surface area contributed by atoms with Crippen LogP contribution in [0, 0.1) is 0 Å². The number of carbonyl (C=O) groups is 3. The van der Waals surface area contributed by atoms with Crippen LogP contribution < -0.4 is 16.4 Å². The standard InChI is InChI=1S/C12H13BrClN3O4/c13-7-5-6(1-2-8(7)14)16-12(21)17-9(11(19)20)3-4-10(15)18/h1-2,5,9H,3-4H2,(H2,15,18)(H,19,20)(H2,16,17,21). The van der Waals surface area contributed by atoms with Gasteiger partial charge in [0, 0.05) is 16.6 Å². The minimum Gasteiger partial charge on any atom is -0.480 e. The second kappa shape index (κ2) is 7.84. The average Bonchev–Trinajstić information content (AvgIpc) is 2.38. The Labute approximate surface area is 134 Å².